The van der Waals surface area contributed by atoms with Gasteiger partial charge in [0, 0.05) is 0 Å². The zero-order chi connectivity index (χ0) is 11.5. The van der Waals surface area contributed by atoms with E-state index in [9.17, 15) is 4.79 Å². The summed E-state index contributed by atoms with van der Waals surface area (Å²) in [5.74, 6) is -1.04. The number of hydrogen-bond donors (Lipinski definition) is 4. The Morgan fingerprint density at radius 3 is 2.53 bits per heavy atom. The Morgan fingerprint density at radius 2 is 1.93 bits per heavy atom. The van der Waals surface area contributed by atoms with Crippen LogP contribution in [0.5, 0.6) is 0 Å². The van der Waals surface area contributed by atoms with Crippen molar-refractivity contribution < 1.29 is 29.6 Å². The predicted octanol–water partition coefficient (Wildman–Crippen LogP) is -2.00. The van der Waals surface area contributed by atoms with Crippen LogP contribution in [0.1, 0.15) is 0 Å². The third-order valence-corrected chi connectivity index (χ3v) is 1.37. The molecule has 0 bridgehead atoms. The fourth-order valence-corrected chi connectivity index (χ4v) is 0.743. The van der Waals surface area contributed by atoms with Gasteiger partial charge in [0.25, 0.3) is 0 Å². The standard InChI is InChI=1S/C8H17NO6/c10-1-2-14-3-4-15-6-7(11)9-5-8(12)13/h7,9-11H,1-6H2,(H,12,13). The summed E-state index contributed by atoms with van der Waals surface area (Å²) in [6.45, 7) is 0.505. The second-order valence-electron chi connectivity index (χ2n) is 2.70. The highest BCUT2D eigenvalue weighted by Crippen LogP contribution is 1.82. The molecule has 7 nitrogen and oxygen atoms in total. The first-order valence-corrected chi connectivity index (χ1v) is 4.56. The van der Waals surface area contributed by atoms with Crippen molar-refractivity contribution >= 4 is 5.97 Å². The first kappa shape index (κ1) is 14.3. The number of carbonyl (C=O) groups is 1. The van der Waals surface area contributed by atoms with Crippen LogP contribution in [0.2, 0.25) is 0 Å². The topological polar surface area (TPSA) is 108 Å². The Labute approximate surface area is 87.6 Å². The van der Waals surface area contributed by atoms with E-state index < -0.39 is 12.2 Å². The highest BCUT2D eigenvalue weighted by Gasteiger charge is 2.04. The van der Waals surface area contributed by atoms with Gasteiger partial charge in [-0.3, -0.25) is 10.1 Å². The Morgan fingerprint density at radius 1 is 1.27 bits per heavy atom. The Balaban J connectivity index is 3.16. The Hall–Kier alpha value is -0.730. The summed E-state index contributed by atoms with van der Waals surface area (Å²) in [7, 11) is 0. The fraction of sp³-hybridized carbons (Fsp3) is 0.875. The molecule has 1 unspecified atom stereocenters. The van der Waals surface area contributed by atoms with Gasteiger partial charge in [-0.1, -0.05) is 0 Å². The molecule has 0 saturated heterocycles. The van der Waals surface area contributed by atoms with Crippen molar-refractivity contribution in [2.45, 2.75) is 6.23 Å². The first-order valence-electron chi connectivity index (χ1n) is 4.56. The molecule has 0 aliphatic heterocycles. The van der Waals surface area contributed by atoms with Gasteiger partial charge in [0.15, 0.2) is 0 Å². The van der Waals surface area contributed by atoms with Crippen LogP contribution in [0.25, 0.3) is 0 Å². The predicted molar refractivity (Wildman–Crippen MR) is 50.4 cm³/mol. The lowest BCUT2D eigenvalue weighted by Gasteiger charge is -2.11. The number of carboxylic acids is 1. The Kier molecular flexibility index (Phi) is 9.33. The molecule has 7 heteroatoms. The van der Waals surface area contributed by atoms with Gasteiger partial charge in [-0.05, 0) is 0 Å². The van der Waals surface area contributed by atoms with Crippen LogP contribution in [0.4, 0.5) is 0 Å². The van der Waals surface area contributed by atoms with E-state index in [-0.39, 0.29) is 33.0 Å². The molecule has 0 heterocycles. The number of hydrogen-bond acceptors (Lipinski definition) is 6. The molecule has 0 rings (SSSR count). The molecule has 90 valence electrons. The molecule has 0 spiro atoms. The van der Waals surface area contributed by atoms with Crippen molar-refractivity contribution in [1.29, 1.82) is 0 Å². The van der Waals surface area contributed by atoms with Gasteiger partial charge in [-0.2, -0.15) is 0 Å². The summed E-state index contributed by atoms with van der Waals surface area (Å²) in [6, 6.07) is 0. The van der Waals surface area contributed by atoms with Crippen LogP contribution in [-0.2, 0) is 14.3 Å². The summed E-state index contributed by atoms with van der Waals surface area (Å²) < 4.78 is 9.85. The maximum atomic E-state index is 10.1. The van der Waals surface area contributed by atoms with Crippen molar-refractivity contribution in [3.05, 3.63) is 0 Å². The molecule has 0 fully saturated rings. The van der Waals surface area contributed by atoms with Crippen molar-refractivity contribution in [3.63, 3.8) is 0 Å². The number of aliphatic hydroxyl groups excluding tert-OH is 2. The second kappa shape index (κ2) is 9.81. The zero-order valence-electron chi connectivity index (χ0n) is 8.39. The van der Waals surface area contributed by atoms with E-state index in [2.05, 4.69) is 5.32 Å². The maximum Gasteiger partial charge on any atom is 0.317 e. The highest BCUT2D eigenvalue weighted by atomic mass is 16.5. The number of carboxylic acid groups (broad SMARTS) is 1. The highest BCUT2D eigenvalue weighted by molar-refractivity contribution is 5.68. The quantitative estimate of drug-likeness (QED) is 0.251. The van der Waals surface area contributed by atoms with Crippen LogP contribution >= 0.6 is 0 Å². The average Bonchev–Trinajstić information content (AvgIpc) is 2.20. The minimum Gasteiger partial charge on any atom is -0.480 e. The summed E-state index contributed by atoms with van der Waals surface area (Å²) in [5, 5.41) is 28.1. The average molecular weight is 223 g/mol. The van der Waals surface area contributed by atoms with E-state index in [1.165, 1.54) is 0 Å². The monoisotopic (exact) mass is 223 g/mol. The third kappa shape index (κ3) is 11.2. The van der Waals surface area contributed by atoms with Crippen molar-refractivity contribution in [2.75, 3.05) is 39.6 Å². The van der Waals surface area contributed by atoms with Crippen LogP contribution < -0.4 is 5.32 Å². The van der Waals surface area contributed by atoms with Gasteiger partial charge in [-0.15, -0.1) is 0 Å². The lowest BCUT2D eigenvalue weighted by molar-refractivity contribution is -0.136. The number of nitrogens with one attached hydrogen (secondary N) is 1. The van der Waals surface area contributed by atoms with Gasteiger partial charge >= 0.3 is 5.97 Å². The summed E-state index contributed by atoms with van der Waals surface area (Å²) in [6.07, 6.45) is -1.00. The first-order chi connectivity index (χ1) is 7.16. The molecule has 15 heavy (non-hydrogen) atoms. The van der Waals surface area contributed by atoms with E-state index in [4.69, 9.17) is 24.8 Å². The normalized spacial score (nSPS) is 12.7. The number of aliphatic hydroxyl groups is 2. The number of ether oxygens (including phenoxy) is 2. The molecule has 0 amide bonds. The molecule has 0 aliphatic rings. The molecular weight excluding hydrogens is 206 g/mol. The molecule has 0 aromatic carbocycles. The van der Waals surface area contributed by atoms with Crippen LogP contribution in [0.3, 0.4) is 0 Å². The molecule has 0 aromatic heterocycles. The van der Waals surface area contributed by atoms with Crippen LogP contribution in [0.15, 0.2) is 0 Å². The van der Waals surface area contributed by atoms with Crippen LogP contribution in [-0.4, -0.2) is 67.1 Å². The zero-order valence-corrected chi connectivity index (χ0v) is 8.39. The lowest BCUT2D eigenvalue weighted by Crippen LogP contribution is -2.37. The number of rotatable bonds is 10. The van der Waals surface area contributed by atoms with E-state index in [1.54, 1.807) is 0 Å². The van der Waals surface area contributed by atoms with Crippen molar-refractivity contribution in [3.8, 4) is 0 Å². The van der Waals surface area contributed by atoms with E-state index >= 15 is 0 Å². The summed E-state index contributed by atoms with van der Waals surface area (Å²) in [5.41, 5.74) is 0. The lowest BCUT2D eigenvalue weighted by atomic mass is 10.5. The minimum absolute atomic E-state index is 0.00420. The molecule has 0 saturated carbocycles. The van der Waals surface area contributed by atoms with Gasteiger partial charge in [0.05, 0.1) is 39.6 Å². The van der Waals surface area contributed by atoms with E-state index in [0.717, 1.165) is 0 Å². The third-order valence-electron chi connectivity index (χ3n) is 1.37. The molecule has 4 N–H and O–H groups in total. The van der Waals surface area contributed by atoms with E-state index in [1.807, 2.05) is 0 Å². The van der Waals surface area contributed by atoms with Crippen molar-refractivity contribution in [1.82, 2.24) is 5.32 Å². The summed E-state index contributed by atoms with van der Waals surface area (Å²) in [4.78, 5) is 10.1. The van der Waals surface area contributed by atoms with Gasteiger partial charge < -0.3 is 24.8 Å². The van der Waals surface area contributed by atoms with Gasteiger partial charge in [0.1, 0.15) is 6.23 Å². The van der Waals surface area contributed by atoms with Gasteiger partial charge in [-0.25, -0.2) is 0 Å². The second-order valence-corrected chi connectivity index (χ2v) is 2.70. The Bertz CT molecular complexity index is 165. The smallest absolute Gasteiger partial charge is 0.317 e. The molecular formula is C8H17NO6. The summed E-state index contributed by atoms with van der Waals surface area (Å²) >= 11 is 0. The molecule has 1 atom stereocenters. The fourth-order valence-electron chi connectivity index (χ4n) is 0.743. The SMILES string of the molecule is O=C(O)CNC(O)COCCOCCO. The molecule has 0 aromatic rings. The molecule has 0 radical (unpaired) electrons. The van der Waals surface area contributed by atoms with Gasteiger partial charge in [0.2, 0.25) is 0 Å². The van der Waals surface area contributed by atoms with E-state index in [0.29, 0.717) is 6.61 Å². The van der Waals surface area contributed by atoms with Crippen molar-refractivity contribution in [2.24, 2.45) is 0 Å². The number of aliphatic carboxylic acids is 1. The van der Waals surface area contributed by atoms with Crippen LogP contribution in [0, 0.1) is 0 Å². The maximum absolute atomic E-state index is 10.1. The minimum atomic E-state index is -1.04. The largest absolute Gasteiger partial charge is 0.480 e. The molecule has 0 aliphatic carbocycles.